The van der Waals surface area contributed by atoms with Gasteiger partial charge in [0.05, 0.1) is 10.7 Å². The molecule has 1 aromatic heterocycles. The minimum Gasteiger partial charge on any atom is -0.304 e. The van der Waals surface area contributed by atoms with Crippen LogP contribution in [0.15, 0.2) is 18.2 Å². The lowest BCUT2D eigenvalue weighted by atomic mass is 10.2. The Morgan fingerprint density at radius 2 is 2.06 bits per heavy atom. The molecule has 0 saturated heterocycles. The third-order valence-electron chi connectivity index (χ3n) is 3.11. The van der Waals surface area contributed by atoms with Crippen molar-refractivity contribution >= 4 is 35.4 Å². The molecular formula is C12H11Cl2N3S. The first-order chi connectivity index (χ1) is 8.66. The van der Waals surface area contributed by atoms with Crippen molar-refractivity contribution in [2.75, 3.05) is 0 Å². The molecule has 3 rings (SSSR count). The third kappa shape index (κ3) is 1.98. The van der Waals surface area contributed by atoms with Gasteiger partial charge in [0.15, 0.2) is 0 Å². The number of aryl methyl sites for hydroxylation is 1. The summed E-state index contributed by atoms with van der Waals surface area (Å²) in [5, 5.41) is 5.73. The van der Waals surface area contributed by atoms with Crippen molar-refractivity contribution in [2.45, 2.75) is 25.8 Å². The van der Waals surface area contributed by atoms with Crippen LogP contribution in [-0.4, -0.2) is 14.3 Å². The molecule has 0 bridgehead atoms. The van der Waals surface area contributed by atoms with Crippen molar-refractivity contribution in [3.63, 3.8) is 0 Å². The predicted molar refractivity (Wildman–Crippen MR) is 75.3 cm³/mol. The molecule has 1 aliphatic heterocycles. The molecule has 0 fully saturated rings. The number of hydrogen-bond acceptors (Lipinski definition) is 2. The molecule has 94 valence electrons. The van der Waals surface area contributed by atoms with Gasteiger partial charge in [-0.15, -0.1) is 0 Å². The van der Waals surface area contributed by atoms with E-state index in [-0.39, 0.29) is 0 Å². The second kappa shape index (κ2) is 4.68. The fraction of sp³-hybridized carbons (Fsp3) is 0.333. The maximum Gasteiger partial charge on any atom is 0.202 e. The van der Waals surface area contributed by atoms with Crippen LogP contribution in [-0.2, 0) is 13.0 Å². The van der Waals surface area contributed by atoms with Crippen LogP contribution in [0, 0.1) is 4.77 Å². The number of rotatable bonds is 1. The Hall–Kier alpha value is -0.840. The van der Waals surface area contributed by atoms with Crippen molar-refractivity contribution in [3.8, 4) is 5.69 Å². The van der Waals surface area contributed by atoms with E-state index in [9.17, 15) is 0 Å². The second-order valence-electron chi connectivity index (χ2n) is 4.32. The second-order valence-corrected chi connectivity index (χ2v) is 5.52. The Morgan fingerprint density at radius 1 is 1.22 bits per heavy atom. The molecule has 0 amide bonds. The largest absolute Gasteiger partial charge is 0.304 e. The van der Waals surface area contributed by atoms with E-state index in [0.717, 1.165) is 30.9 Å². The summed E-state index contributed by atoms with van der Waals surface area (Å²) in [4.78, 5) is 0. The van der Waals surface area contributed by atoms with E-state index in [0.29, 0.717) is 14.8 Å². The number of halogens is 2. The average Bonchev–Trinajstić information content (AvgIpc) is 2.68. The van der Waals surface area contributed by atoms with E-state index < -0.39 is 0 Å². The summed E-state index contributed by atoms with van der Waals surface area (Å²) >= 11 is 17.6. The summed E-state index contributed by atoms with van der Waals surface area (Å²) in [6.45, 7) is 0.944. The summed E-state index contributed by atoms with van der Waals surface area (Å²) in [6, 6.07) is 5.35. The van der Waals surface area contributed by atoms with Crippen LogP contribution in [0.25, 0.3) is 5.69 Å². The lowest BCUT2D eigenvalue weighted by molar-refractivity contribution is 0.518. The SMILES string of the molecule is S=c1n(-c2ccc(Cl)cc2Cl)nc2n1CCCC2. The number of aromatic nitrogens is 3. The molecular weight excluding hydrogens is 289 g/mol. The lowest BCUT2D eigenvalue weighted by Gasteiger charge is -2.10. The van der Waals surface area contributed by atoms with E-state index in [1.54, 1.807) is 16.8 Å². The summed E-state index contributed by atoms with van der Waals surface area (Å²) in [6.07, 6.45) is 3.29. The molecule has 0 saturated carbocycles. The zero-order chi connectivity index (χ0) is 12.7. The molecule has 0 aliphatic carbocycles. The van der Waals surface area contributed by atoms with Crippen LogP contribution in [0.2, 0.25) is 10.0 Å². The first-order valence-corrected chi connectivity index (χ1v) is 6.97. The van der Waals surface area contributed by atoms with Crippen LogP contribution in [0.1, 0.15) is 18.7 Å². The fourth-order valence-corrected chi connectivity index (χ4v) is 3.03. The lowest BCUT2D eigenvalue weighted by Crippen LogP contribution is -2.10. The molecule has 0 atom stereocenters. The van der Waals surface area contributed by atoms with Gasteiger partial charge in [0.1, 0.15) is 5.82 Å². The van der Waals surface area contributed by atoms with Crippen molar-refractivity contribution < 1.29 is 0 Å². The molecule has 0 unspecified atom stereocenters. The maximum absolute atomic E-state index is 6.20. The molecule has 1 aromatic carbocycles. The maximum atomic E-state index is 6.20. The van der Waals surface area contributed by atoms with Gasteiger partial charge in [-0.3, -0.25) is 0 Å². The highest BCUT2D eigenvalue weighted by Crippen LogP contribution is 2.25. The standard InChI is InChI=1S/C12H11Cl2N3S/c13-8-4-5-10(9(14)7-8)17-12(18)16-6-2-1-3-11(16)15-17/h4-5,7H,1-3,6H2. The van der Waals surface area contributed by atoms with Gasteiger partial charge in [0.25, 0.3) is 0 Å². The quantitative estimate of drug-likeness (QED) is 0.742. The van der Waals surface area contributed by atoms with Gasteiger partial charge >= 0.3 is 0 Å². The molecule has 0 N–H and O–H groups in total. The van der Waals surface area contributed by atoms with Crippen molar-refractivity contribution in [3.05, 3.63) is 38.8 Å². The van der Waals surface area contributed by atoms with Crippen molar-refractivity contribution in [2.24, 2.45) is 0 Å². The topological polar surface area (TPSA) is 22.8 Å². The Kier molecular flexibility index (Phi) is 3.18. The minimum atomic E-state index is 0.564. The molecule has 6 heteroatoms. The Labute approximate surface area is 120 Å². The minimum absolute atomic E-state index is 0.564. The molecule has 0 radical (unpaired) electrons. The summed E-state index contributed by atoms with van der Waals surface area (Å²) in [5.74, 6) is 1.04. The first kappa shape index (κ1) is 12.2. The van der Waals surface area contributed by atoms with Gasteiger partial charge < -0.3 is 4.57 Å². The highest BCUT2D eigenvalue weighted by molar-refractivity contribution is 7.71. The smallest absolute Gasteiger partial charge is 0.202 e. The molecule has 3 nitrogen and oxygen atoms in total. The van der Waals surface area contributed by atoms with Crippen molar-refractivity contribution in [1.82, 2.24) is 14.3 Å². The average molecular weight is 300 g/mol. The molecule has 2 heterocycles. The van der Waals surface area contributed by atoms with Gasteiger partial charge in [-0.1, -0.05) is 23.2 Å². The third-order valence-corrected chi connectivity index (χ3v) is 4.04. The van der Waals surface area contributed by atoms with Gasteiger partial charge in [0.2, 0.25) is 4.77 Å². The van der Waals surface area contributed by atoms with Gasteiger partial charge in [-0.2, -0.15) is 5.10 Å². The van der Waals surface area contributed by atoms with E-state index in [1.165, 1.54) is 6.42 Å². The van der Waals surface area contributed by atoms with E-state index in [1.807, 2.05) is 6.07 Å². The molecule has 2 aromatic rings. The Balaban J connectivity index is 2.17. The van der Waals surface area contributed by atoms with Gasteiger partial charge in [0, 0.05) is 18.0 Å². The number of hydrogen-bond donors (Lipinski definition) is 0. The monoisotopic (exact) mass is 299 g/mol. The number of fused-ring (bicyclic) bond motifs is 1. The van der Waals surface area contributed by atoms with E-state index in [2.05, 4.69) is 9.67 Å². The first-order valence-electron chi connectivity index (χ1n) is 5.81. The Morgan fingerprint density at radius 3 is 2.78 bits per heavy atom. The van der Waals surface area contributed by atoms with Crippen LogP contribution < -0.4 is 0 Å². The van der Waals surface area contributed by atoms with Crippen LogP contribution in [0.4, 0.5) is 0 Å². The summed E-state index contributed by atoms with van der Waals surface area (Å²) in [7, 11) is 0. The molecule has 18 heavy (non-hydrogen) atoms. The van der Waals surface area contributed by atoms with Gasteiger partial charge in [-0.05, 0) is 43.3 Å². The van der Waals surface area contributed by atoms with Crippen molar-refractivity contribution in [1.29, 1.82) is 0 Å². The molecule has 1 aliphatic rings. The molecule has 0 spiro atoms. The highest BCUT2D eigenvalue weighted by Gasteiger charge is 2.16. The van der Waals surface area contributed by atoms with E-state index >= 15 is 0 Å². The number of benzene rings is 1. The van der Waals surface area contributed by atoms with Crippen LogP contribution >= 0.6 is 35.4 Å². The van der Waals surface area contributed by atoms with Crippen LogP contribution in [0.3, 0.4) is 0 Å². The van der Waals surface area contributed by atoms with Gasteiger partial charge in [-0.25, -0.2) is 4.68 Å². The fourth-order valence-electron chi connectivity index (χ4n) is 2.21. The highest BCUT2D eigenvalue weighted by atomic mass is 35.5. The zero-order valence-corrected chi connectivity index (χ0v) is 11.9. The van der Waals surface area contributed by atoms with Crippen LogP contribution in [0.5, 0.6) is 0 Å². The Bertz CT molecular complexity index is 660. The summed E-state index contributed by atoms with van der Waals surface area (Å²) in [5.41, 5.74) is 0.785. The number of nitrogens with zero attached hydrogens (tertiary/aromatic N) is 3. The normalized spacial score (nSPS) is 14.6. The summed E-state index contributed by atoms with van der Waals surface area (Å²) < 4.78 is 4.52. The predicted octanol–water partition coefficient (Wildman–Crippen LogP) is 4.05. The van der Waals surface area contributed by atoms with E-state index in [4.69, 9.17) is 35.4 Å². The zero-order valence-electron chi connectivity index (χ0n) is 9.57.